The lowest BCUT2D eigenvalue weighted by Crippen LogP contribution is -2.05. The summed E-state index contributed by atoms with van der Waals surface area (Å²) in [6.45, 7) is 1.44. The molecule has 0 saturated heterocycles. The highest BCUT2D eigenvalue weighted by Gasteiger charge is 2.12. The summed E-state index contributed by atoms with van der Waals surface area (Å²) in [5, 5.41) is 0. The Morgan fingerprint density at radius 3 is 2.36 bits per heavy atom. The number of carbonyl (C=O) groups is 1. The fourth-order valence-electron chi connectivity index (χ4n) is 1.28. The van der Waals surface area contributed by atoms with E-state index in [0.29, 0.717) is 5.56 Å². The van der Waals surface area contributed by atoms with Gasteiger partial charge in [0, 0.05) is 12.7 Å². The van der Waals surface area contributed by atoms with Crippen molar-refractivity contribution in [3.63, 3.8) is 0 Å². The minimum Gasteiger partial charge on any atom is -0.300 e. The number of carbonyl (C=O) groups excluding carboxylic acids is 1. The maximum atomic E-state index is 11.3. The molecular weight excluding hydrogens is 200 g/mol. The van der Waals surface area contributed by atoms with E-state index in [9.17, 15) is 13.2 Å². The Morgan fingerprint density at radius 2 is 1.86 bits per heavy atom. The lowest BCUT2D eigenvalue weighted by Gasteiger charge is -2.04. The summed E-state index contributed by atoms with van der Waals surface area (Å²) in [6.07, 6.45) is 1.31. The Bertz CT molecular complexity index is 446. The summed E-state index contributed by atoms with van der Waals surface area (Å²) >= 11 is 0. The van der Waals surface area contributed by atoms with E-state index in [1.807, 2.05) is 0 Å². The number of rotatable bonds is 3. The average Bonchev–Trinajstić information content (AvgIpc) is 2.01. The van der Waals surface area contributed by atoms with Gasteiger partial charge in [0.15, 0.2) is 9.84 Å². The van der Waals surface area contributed by atoms with Crippen LogP contribution >= 0.6 is 0 Å². The molecular formula is C10H12O3S. The van der Waals surface area contributed by atoms with Crippen LogP contribution in [0.15, 0.2) is 29.2 Å². The van der Waals surface area contributed by atoms with Crippen LogP contribution in [0, 0.1) is 0 Å². The van der Waals surface area contributed by atoms with E-state index in [0.717, 1.165) is 6.26 Å². The highest BCUT2D eigenvalue weighted by atomic mass is 32.2. The quantitative estimate of drug-likeness (QED) is 0.757. The van der Waals surface area contributed by atoms with E-state index in [4.69, 9.17) is 0 Å². The van der Waals surface area contributed by atoms with Crippen LogP contribution in [-0.4, -0.2) is 20.5 Å². The number of sulfone groups is 1. The van der Waals surface area contributed by atoms with E-state index in [2.05, 4.69) is 0 Å². The Labute approximate surface area is 83.7 Å². The summed E-state index contributed by atoms with van der Waals surface area (Å²) in [7, 11) is -3.23. The second kappa shape index (κ2) is 3.92. The number of ketones is 1. The van der Waals surface area contributed by atoms with E-state index in [-0.39, 0.29) is 17.1 Å². The van der Waals surface area contributed by atoms with Gasteiger partial charge in [0.25, 0.3) is 0 Å². The normalized spacial score (nSPS) is 11.3. The van der Waals surface area contributed by atoms with Crippen LogP contribution in [0.25, 0.3) is 0 Å². The van der Waals surface area contributed by atoms with Crippen molar-refractivity contribution < 1.29 is 13.2 Å². The topological polar surface area (TPSA) is 51.2 Å². The summed E-state index contributed by atoms with van der Waals surface area (Å²) in [4.78, 5) is 11.1. The molecule has 0 bridgehead atoms. The van der Waals surface area contributed by atoms with E-state index in [1.54, 1.807) is 18.2 Å². The van der Waals surface area contributed by atoms with Crippen molar-refractivity contribution >= 4 is 15.6 Å². The summed E-state index contributed by atoms with van der Waals surface area (Å²) in [6, 6.07) is 6.57. The first-order valence-corrected chi connectivity index (χ1v) is 6.08. The van der Waals surface area contributed by atoms with Gasteiger partial charge in [-0.1, -0.05) is 18.2 Å². The smallest absolute Gasteiger partial charge is 0.175 e. The zero-order valence-electron chi connectivity index (χ0n) is 8.15. The first kappa shape index (κ1) is 10.9. The fraction of sp³-hybridized carbons (Fsp3) is 0.300. The molecule has 76 valence electrons. The van der Waals surface area contributed by atoms with Crippen molar-refractivity contribution in [1.82, 2.24) is 0 Å². The molecule has 0 amide bonds. The van der Waals surface area contributed by atoms with E-state index < -0.39 is 9.84 Å². The van der Waals surface area contributed by atoms with E-state index >= 15 is 0 Å². The Hall–Kier alpha value is -1.16. The van der Waals surface area contributed by atoms with Gasteiger partial charge >= 0.3 is 0 Å². The van der Waals surface area contributed by atoms with Crippen LogP contribution in [-0.2, 0) is 21.1 Å². The number of hydrogen-bond donors (Lipinski definition) is 0. The third-order valence-electron chi connectivity index (χ3n) is 1.81. The van der Waals surface area contributed by atoms with Gasteiger partial charge in [-0.15, -0.1) is 0 Å². The molecule has 0 atom stereocenters. The molecule has 0 aliphatic carbocycles. The molecule has 0 aromatic heterocycles. The third-order valence-corrected chi connectivity index (χ3v) is 3.01. The van der Waals surface area contributed by atoms with Gasteiger partial charge in [0.1, 0.15) is 5.78 Å². The molecule has 4 heteroatoms. The van der Waals surface area contributed by atoms with Crippen LogP contribution in [0.1, 0.15) is 12.5 Å². The van der Waals surface area contributed by atoms with Gasteiger partial charge in [-0.25, -0.2) is 8.42 Å². The molecule has 3 nitrogen and oxygen atoms in total. The summed E-state index contributed by atoms with van der Waals surface area (Å²) in [5.41, 5.74) is 0.572. The second-order valence-corrected chi connectivity index (χ2v) is 5.24. The number of benzene rings is 1. The molecule has 0 unspecified atom stereocenters. The van der Waals surface area contributed by atoms with Gasteiger partial charge in [0.05, 0.1) is 4.90 Å². The molecule has 1 aromatic rings. The molecule has 0 saturated carbocycles. The Morgan fingerprint density at radius 1 is 1.29 bits per heavy atom. The highest BCUT2D eigenvalue weighted by Crippen LogP contribution is 2.15. The molecule has 0 N–H and O–H groups in total. The molecule has 0 spiro atoms. The van der Waals surface area contributed by atoms with Crippen LogP contribution in [0.4, 0.5) is 0 Å². The Balaban J connectivity index is 3.23. The summed E-state index contributed by atoms with van der Waals surface area (Å²) < 4.78 is 22.6. The molecule has 1 rings (SSSR count). The minimum atomic E-state index is -3.23. The van der Waals surface area contributed by atoms with Gasteiger partial charge < -0.3 is 0 Å². The summed E-state index contributed by atoms with van der Waals surface area (Å²) in [5.74, 6) is -0.0406. The van der Waals surface area contributed by atoms with Gasteiger partial charge in [-0.05, 0) is 18.6 Å². The van der Waals surface area contributed by atoms with Crippen molar-refractivity contribution in [3.05, 3.63) is 29.8 Å². The van der Waals surface area contributed by atoms with Gasteiger partial charge in [-0.3, -0.25) is 4.79 Å². The highest BCUT2D eigenvalue weighted by molar-refractivity contribution is 7.90. The number of hydrogen-bond acceptors (Lipinski definition) is 3. The van der Waals surface area contributed by atoms with Crippen molar-refractivity contribution in [2.75, 3.05) is 6.26 Å². The molecule has 0 aliphatic heterocycles. The van der Waals surface area contributed by atoms with Gasteiger partial charge in [0.2, 0.25) is 0 Å². The van der Waals surface area contributed by atoms with E-state index in [1.165, 1.54) is 13.0 Å². The lowest BCUT2D eigenvalue weighted by molar-refractivity contribution is -0.116. The minimum absolute atomic E-state index is 0.0406. The van der Waals surface area contributed by atoms with Crippen molar-refractivity contribution in [1.29, 1.82) is 0 Å². The Kier molecular flexibility index (Phi) is 3.06. The zero-order chi connectivity index (χ0) is 10.8. The first-order chi connectivity index (χ1) is 6.41. The van der Waals surface area contributed by atoms with Crippen molar-refractivity contribution in [3.8, 4) is 0 Å². The first-order valence-electron chi connectivity index (χ1n) is 4.18. The molecule has 0 fully saturated rings. The predicted octanol–water partition coefficient (Wildman–Crippen LogP) is 1.22. The lowest BCUT2D eigenvalue weighted by atomic mass is 10.1. The van der Waals surface area contributed by atoms with Crippen molar-refractivity contribution in [2.45, 2.75) is 18.2 Å². The molecule has 0 heterocycles. The molecule has 14 heavy (non-hydrogen) atoms. The standard InChI is InChI=1S/C10H12O3S/c1-8(11)7-9-5-3-4-6-10(9)14(2,12)13/h3-6H,7H2,1-2H3. The molecule has 1 aromatic carbocycles. The number of Topliss-reactive ketones (excluding diaryl/α,β-unsaturated/α-hetero) is 1. The maximum absolute atomic E-state index is 11.3. The van der Waals surface area contributed by atoms with Crippen LogP contribution in [0.2, 0.25) is 0 Å². The largest absolute Gasteiger partial charge is 0.300 e. The predicted molar refractivity (Wildman–Crippen MR) is 53.9 cm³/mol. The maximum Gasteiger partial charge on any atom is 0.175 e. The molecule has 0 aliphatic rings. The van der Waals surface area contributed by atoms with Crippen LogP contribution in [0.5, 0.6) is 0 Å². The van der Waals surface area contributed by atoms with Crippen molar-refractivity contribution in [2.24, 2.45) is 0 Å². The van der Waals surface area contributed by atoms with Gasteiger partial charge in [-0.2, -0.15) is 0 Å². The average molecular weight is 212 g/mol. The zero-order valence-corrected chi connectivity index (χ0v) is 8.97. The SMILES string of the molecule is CC(=O)Cc1ccccc1S(C)(=O)=O. The fourth-order valence-corrected chi connectivity index (χ4v) is 2.22. The van der Waals surface area contributed by atoms with Crippen LogP contribution in [0.3, 0.4) is 0 Å². The monoisotopic (exact) mass is 212 g/mol. The second-order valence-electron chi connectivity index (χ2n) is 3.26. The van der Waals surface area contributed by atoms with Crippen LogP contribution < -0.4 is 0 Å². The molecule has 0 radical (unpaired) electrons. The third kappa shape index (κ3) is 2.67.